The second-order valence-corrected chi connectivity index (χ2v) is 7.22. The maximum absolute atomic E-state index is 11.7. The average molecular weight is 407 g/mol. The van der Waals surface area contributed by atoms with Crippen molar-refractivity contribution in [1.29, 1.82) is 0 Å². The largest absolute Gasteiger partial charge is 0.356 e. The number of nitrogens with one attached hydrogen (secondary N) is 2. The van der Waals surface area contributed by atoms with E-state index >= 15 is 0 Å². The summed E-state index contributed by atoms with van der Waals surface area (Å²) >= 11 is 0. The fourth-order valence-electron chi connectivity index (χ4n) is 2.80. The Labute approximate surface area is 175 Å². The first-order valence-corrected chi connectivity index (χ1v) is 10.8. The second kappa shape index (κ2) is 19.1. The summed E-state index contributed by atoms with van der Waals surface area (Å²) in [5, 5.41) is 5.73. The van der Waals surface area contributed by atoms with E-state index in [0.29, 0.717) is 45.2 Å². The summed E-state index contributed by atoms with van der Waals surface area (Å²) in [6.45, 7) is 8.00. The Balaban J connectivity index is 3.41. The van der Waals surface area contributed by atoms with Crippen molar-refractivity contribution in [2.75, 3.05) is 13.1 Å². The Morgan fingerprint density at radius 2 is 0.862 bits per heavy atom. The molecule has 0 aromatic heterocycles. The normalized spacial score (nSPS) is 10.2. The quantitative estimate of drug-likeness (QED) is 0.238. The Morgan fingerprint density at radius 3 is 1.21 bits per heavy atom. The molecule has 164 valence electrons. The Kier molecular flexibility index (Phi) is 17.6. The van der Waals surface area contributed by atoms with Crippen LogP contribution in [0.15, 0.2) is 25.3 Å². The summed E-state index contributed by atoms with van der Waals surface area (Å²) in [6.07, 6.45) is 12.6. The number of unbranched alkanes of at least 4 members (excludes halogenated alkanes) is 6. The molecule has 0 radical (unpaired) electrons. The highest BCUT2D eigenvalue weighted by atomic mass is 16.2. The van der Waals surface area contributed by atoms with Crippen molar-refractivity contribution in [3.05, 3.63) is 25.3 Å². The number of rotatable bonds is 20. The van der Waals surface area contributed by atoms with Gasteiger partial charge in [-0.1, -0.05) is 38.8 Å². The van der Waals surface area contributed by atoms with E-state index in [1.165, 1.54) is 12.2 Å². The van der Waals surface area contributed by atoms with Crippen LogP contribution >= 0.6 is 0 Å². The van der Waals surface area contributed by atoms with Gasteiger partial charge >= 0.3 is 0 Å². The summed E-state index contributed by atoms with van der Waals surface area (Å²) < 4.78 is 0. The van der Waals surface area contributed by atoms with Crippen LogP contribution in [-0.4, -0.2) is 36.5 Å². The zero-order chi connectivity index (χ0) is 21.7. The van der Waals surface area contributed by atoms with Gasteiger partial charge in [-0.15, -0.1) is 0 Å². The Morgan fingerprint density at radius 1 is 0.517 bits per heavy atom. The van der Waals surface area contributed by atoms with Crippen LogP contribution in [0.2, 0.25) is 0 Å². The van der Waals surface area contributed by atoms with Gasteiger partial charge in [0.25, 0.3) is 0 Å². The van der Waals surface area contributed by atoms with Gasteiger partial charge in [-0.3, -0.25) is 19.2 Å². The second-order valence-electron chi connectivity index (χ2n) is 7.22. The molecule has 0 aliphatic heterocycles. The maximum Gasteiger partial charge on any atom is 0.219 e. The number of ketones is 2. The molecule has 0 unspecified atom stereocenters. The third-order valence-electron chi connectivity index (χ3n) is 4.61. The van der Waals surface area contributed by atoms with Gasteiger partial charge in [-0.25, -0.2) is 0 Å². The summed E-state index contributed by atoms with van der Waals surface area (Å²) in [4.78, 5) is 45.6. The molecule has 6 nitrogen and oxygen atoms in total. The van der Waals surface area contributed by atoms with E-state index in [-0.39, 0.29) is 23.4 Å². The van der Waals surface area contributed by atoms with Crippen LogP contribution in [0.25, 0.3) is 0 Å². The van der Waals surface area contributed by atoms with E-state index in [1.807, 2.05) is 0 Å². The van der Waals surface area contributed by atoms with Crippen LogP contribution in [0.1, 0.15) is 83.5 Å². The number of allylic oxidation sites excluding steroid dienone is 2. The van der Waals surface area contributed by atoms with Gasteiger partial charge in [-0.05, 0) is 44.3 Å². The zero-order valence-corrected chi connectivity index (χ0v) is 17.8. The highest BCUT2D eigenvalue weighted by Crippen LogP contribution is 2.07. The van der Waals surface area contributed by atoms with Crippen molar-refractivity contribution in [3.63, 3.8) is 0 Å². The molecule has 0 fully saturated rings. The van der Waals surface area contributed by atoms with Crippen LogP contribution in [-0.2, 0) is 19.2 Å². The van der Waals surface area contributed by atoms with Crippen LogP contribution in [0.5, 0.6) is 0 Å². The number of amides is 2. The molecule has 0 spiro atoms. The van der Waals surface area contributed by atoms with Crippen molar-refractivity contribution in [2.45, 2.75) is 83.5 Å². The first kappa shape index (κ1) is 26.8. The average Bonchev–Trinajstić information content (AvgIpc) is 2.72. The molecule has 29 heavy (non-hydrogen) atoms. The third-order valence-corrected chi connectivity index (χ3v) is 4.61. The highest BCUT2D eigenvalue weighted by Gasteiger charge is 2.03. The highest BCUT2D eigenvalue weighted by molar-refractivity contribution is 5.89. The van der Waals surface area contributed by atoms with E-state index in [2.05, 4.69) is 23.8 Å². The minimum Gasteiger partial charge on any atom is -0.356 e. The maximum atomic E-state index is 11.7. The van der Waals surface area contributed by atoms with Crippen LogP contribution in [0.3, 0.4) is 0 Å². The first-order valence-electron chi connectivity index (χ1n) is 10.8. The fraction of sp³-hybridized carbons (Fsp3) is 0.652. The Bertz CT molecular complexity index is 483. The van der Waals surface area contributed by atoms with Crippen molar-refractivity contribution >= 4 is 23.4 Å². The molecule has 0 aromatic rings. The van der Waals surface area contributed by atoms with E-state index in [9.17, 15) is 19.2 Å². The van der Waals surface area contributed by atoms with Gasteiger partial charge in [0.2, 0.25) is 11.8 Å². The molecule has 0 aliphatic rings. The van der Waals surface area contributed by atoms with Crippen LogP contribution < -0.4 is 10.6 Å². The number of carbonyl (C=O) groups is 4. The molecule has 0 heterocycles. The van der Waals surface area contributed by atoms with Gasteiger partial charge < -0.3 is 10.6 Å². The number of carbonyl (C=O) groups excluding carboxylic acids is 4. The van der Waals surface area contributed by atoms with Gasteiger partial charge in [0.15, 0.2) is 11.6 Å². The monoisotopic (exact) mass is 406 g/mol. The SMILES string of the molecule is C=CC(=O)CCCCCCC(=O)NCCCNC(=O)CCCCCCC(=O)C=C. The lowest BCUT2D eigenvalue weighted by molar-refractivity contribution is -0.121. The molecule has 0 aromatic carbocycles. The first-order chi connectivity index (χ1) is 14.0. The van der Waals surface area contributed by atoms with E-state index < -0.39 is 0 Å². The lowest BCUT2D eigenvalue weighted by Gasteiger charge is -2.07. The Hall–Kier alpha value is -2.24. The molecule has 6 heteroatoms. The smallest absolute Gasteiger partial charge is 0.219 e. The van der Waals surface area contributed by atoms with Crippen molar-refractivity contribution in [2.24, 2.45) is 0 Å². The third kappa shape index (κ3) is 18.9. The summed E-state index contributed by atoms with van der Waals surface area (Å²) in [5.41, 5.74) is 0. The molecule has 2 amide bonds. The molecular formula is C23H38N2O4. The van der Waals surface area contributed by atoms with E-state index in [0.717, 1.165) is 51.4 Å². The lowest BCUT2D eigenvalue weighted by atomic mass is 10.1. The van der Waals surface area contributed by atoms with E-state index in [1.54, 1.807) is 0 Å². The molecule has 0 aliphatic carbocycles. The molecule has 0 saturated heterocycles. The van der Waals surface area contributed by atoms with Gasteiger partial charge in [-0.2, -0.15) is 0 Å². The summed E-state index contributed by atoms with van der Waals surface area (Å²) in [5.74, 6) is 0.223. The predicted octanol–water partition coefficient (Wildman–Crippen LogP) is 3.80. The van der Waals surface area contributed by atoms with Gasteiger partial charge in [0.1, 0.15) is 0 Å². The standard InChI is InChI=1S/C23H38N2O4/c1-3-20(26)14-9-5-7-11-16-22(28)24-18-13-19-25-23(29)17-12-8-6-10-15-21(27)4-2/h3-4H,1-2,5-19H2,(H,24,28)(H,25,29). The topological polar surface area (TPSA) is 92.3 Å². The molecule has 0 saturated carbocycles. The molecular weight excluding hydrogens is 368 g/mol. The molecule has 0 atom stereocenters. The van der Waals surface area contributed by atoms with E-state index in [4.69, 9.17) is 0 Å². The lowest BCUT2D eigenvalue weighted by Crippen LogP contribution is -2.29. The minimum atomic E-state index is 0.0356. The fourth-order valence-corrected chi connectivity index (χ4v) is 2.80. The predicted molar refractivity (Wildman–Crippen MR) is 116 cm³/mol. The molecule has 0 rings (SSSR count). The molecule has 2 N–H and O–H groups in total. The van der Waals surface area contributed by atoms with Crippen molar-refractivity contribution < 1.29 is 19.2 Å². The van der Waals surface area contributed by atoms with Crippen molar-refractivity contribution in [3.8, 4) is 0 Å². The summed E-state index contributed by atoms with van der Waals surface area (Å²) in [6, 6.07) is 0. The number of hydrogen-bond donors (Lipinski definition) is 2. The van der Waals surface area contributed by atoms with Crippen molar-refractivity contribution in [1.82, 2.24) is 10.6 Å². The minimum absolute atomic E-state index is 0.0356. The zero-order valence-electron chi connectivity index (χ0n) is 17.8. The van der Waals surface area contributed by atoms with Gasteiger partial charge in [0, 0.05) is 38.8 Å². The van der Waals surface area contributed by atoms with Crippen LogP contribution in [0.4, 0.5) is 0 Å². The van der Waals surface area contributed by atoms with Crippen LogP contribution in [0, 0.1) is 0 Å². The van der Waals surface area contributed by atoms with Gasteiger partial charge in [0.05, 0.1) is 0 Å². The number of hydrogen-bond acceptors (Lipinski definition) is 4. The molecule has 0 bridgehead atoms. The summed E-state index contributed by atoms with van der Waals surface area (Å²) in [7, 11) is 0.